The standard InChI is InChI=1S/C27H34O2/c1-4-7-10-16-25(22-14-12-9-13-15-22)26(17-11-8-5-2)23-18-20-24(21-19-23)29-27(28)6-3/h6,9,12-15,18-21H,3-5,7-8,10-11,16-17H2,1-2H3. The second-order valence-corrected chi connectivity index (χ2v) is 7.39. The van der Waals surface area contributed by atoms with Gasteiger partial charge in [-0.2, -0.15) is 0 Å². The number of ether oxygens (including phenoxy) is 1. The Morgan fingerprint density at radius 1 is 0.793 bits per heavy atom. The van der Waals surface area contributed by atoms with E-state index >= 15 is 0 Å². The van der Waals surface area contributed by atoms with Gasteiger partial charge in [-0.1, -0.05) is 88.6 Å². The fourth-order valence-electron chi connectivity index (χ4n) is 3.56. The van der Waals surface area contributed by atoms with Gasteiger partial charge in [0.05, 0.1) is 0 Å². The summed E-state index contributed by atoms with van der Waals surface area (Å²) in [4.78, 5) is 11.5. The van der Waals surface area contributed by atoms with Gasteiger partial charge in [0.2, 0.25) is 0 Å². The fraction of sp³-hybridized carbons (Fsp3) is 0.370. The van der Waals surface area contributed by atoms with Crippen molar-refractivity contribution in [2.24, 2.45) is 0 Å². The van der Waals surface area contributed by atoms with E-state index in [1.807, 2.05) is 12.1 Å². The van der Waals surface area contributed by atoms with Crippen LogP contribution in [-0.4, -0.2) is 5.97 Å². The Kier molecular flexibility index (Phi) is 9.99. The molecule has 0 fully saturated rings. The molecule has 0 aliphatic heterocycles. The Labute approximate surface area is 176 Å². The van der Waals surface area contributed by atoms with Crippen LogP contribution in [0.15, 0.2) is 67.3 Å². The highest BCUT2D eigenvalue weighted by Crippen LogP contribution is 2.35. The molecule has 0 bridgehead atoms. The Morgan fingerprint density at radius 3 is 1.79 bits per heavy atom. The summed E-state index contributed by atoms with van der Waals surface area (Å²) in [6.07, 6.45) is 10.6. The minimum Gasteiger partial charge on any atom is -0.423 e. The third-order valence-corrected chi connectivity index (χ3v) is 5.14. The van der Waals surface area contributed by atoms with Gasteiger partial charge in [-0.3, -0.25) is 0 Å². The molecule has 2 aromatic carbocycles. The topological polar surface area (TPSA) is 26.3 Å². The van der Waals surface area contributed by atoms with Crippen LogP contribution < -0.4 is 4.74 Å². The third kappa shape index (κ3) is 7.38. The number of esters is 1. The minimum atomic E-state index is -0.430. The molecule has 0 aliphatic carbocycles. The summed E-state index contributed by atoms with van der Waals surface area (Å²) in [5, 5.41) is 0. The number of allylic oxidation sites excluding steroid dienone is 2. The summed E-state index contributed by atoms with van der Waals surface area (Å²) in [6, 6.07) is 18.7. The van der Waals surface area contributed by atoms with Gasteiger partial charge in [0.25, 0.3) is 0 Å². The molecule has 2 nitrogen and oxygen atoms in total. The van der Waals surface area contributed by atoms with E-state index in [9.17, 15) is 4.79 Å². The van der Waals surface area contributed by atoms with Crippen LogP contribution in [0.25, 0.3) is 11.1 Å². The predicted molar refractivity (Wildman–Crippen MR) is 124 cm³/mol. The van der Waals surface area contributed by atoms with Crippen molar-refractivity contribution < 1.29 is 9.53 Å². The Bertz CT molecular complexity index is 785. The Morgan fingerprint density at radius 2 is 1.31 bits per heavy atom. The first-order valence-corrected chi connectivity index (χ1v) is 10.9. The number of hydrogen-bond acceptors (Lipinski definition) is 2. The van der Waals surface area contributed by atoms with Gasteiger partial charge >= 0.3 is 5.97 Å². The lowest BCUT2D eigenvalue weighted by Gasteiger charge is -2.17. The van der Waals surface area contributed by atoms with Crippen LogP contribution in [0.4, 0.5) is 0 Å². The summed E-state index contributed by atoms with van der Waals surface area (Å²) in [6.45, 7) is 7.94. The first-order valence-electron chi connectivity index (χ1n) is 10.9. The summed E-state index contributed by atoms with van der Waals surface area (Å²) in [7, 11) is 0. The van der Waals surface area contributed by atoms with Crippen molar-refractivity contribution in [3.63, 3.8) is 0 Å². The number of carbonyl (C=O) groups excluding carboxylic acids is 1. The summed E-state index contributed by atoms with van der Waals surface area (Å²) >= 11 is 0. The molecule has 29 heavy (non-hydrogen) atoms. The Balaban J connectivity index is 2.42. The number of hydrogen-bond donors (Lipinski definition) is 0. The SMILES string of the molecule is C=CC(=O)Oc1ccc(C(CCCCC)=C(CCCCC)c2ccccc2)cc1. The maximum absolute atomic E-state index is 11.5. The molecule has 0 radical (unpaired) electrons. The van der Waals surface area contributed by atoms with E-state index in [-0.39, 0.29) is 0 Å². The first-order chi connectivity index (χ1) is 14.2. The highest BCUT2D eigenvalue weighted by Gasteiger charge is 2.12. The molecular formula is C27H34O2. The summed E-state index contributed by atoms with van der Waals surface area (Å²) in [5.41, 5.74) is 5.40. The molecule has 0 N–H and O–H groups in total. The van der Waals surface area contributed by atoms with Crippen LogP contribution in [0.1, 0.15) is 76.3 Å². The van der Waals surface area contributed by atoms with Gasteiger partial charge in [0.15, 0.2) is 0 Å². The molecule has 0 spiro atoms. The monoisotopic (exact) mass is 390 g/mol. The summed E-state index contributed by atoms with van der Waals surface area (Å²) in [5.74, 6) is 0.125. The van der Waals surface area contributed by atoms with Crippen LogP contribution in [-0.2, 0) is 4.79 Å². The maximum atomic E-state index is 11.5. The zero-order valence-electron chi connectivity index (χ0n) is 18.0. The molecule has 0 unspecified atom stereocenters. The van der Waals surface area contributed by atoms with Gasteiger partial charge in [-0.05, 0) is 60.1 Å². The molecule has 2 rings (SSSR count). The van der Waals surface area contributed by atoms with E-state index in [1.165, 1.54) is 66.9 Å². The lowest BCUT2D eigenvalue weighted by Crippen LogP contribution is -2.03. The highest BCUT2D eigenvalue weighted by atomic mass is 16.5. The number of carbonyl (C=O) groups is 1. The van der Waals surface area contributed by atoms with Gasteiger partial charge in [0, 0.05) is 6.08 Å². The van der Waals surface area contributed by atoms with Crippen molar-refractivity contribution in [2.75, 3.05) is 0 Å². The van der Waals surface area contributed by atoms with Crippen molar-refractivity contribution in [3.05, 3.63) is 78.4 Å². The van der Waals surface area contributed by atoms with Crippen LogP contribution in [0, 0.1) is 0 Å². The van der Waals surface area contributed by atoms with E-state index in [1.54, 1.807) is 0 Å². The molecule has 154 valence electrons. The molecule has 0 atom stereocenters. The van der Waals surface area contributed by atoms with E-state index in [2.05, 4.69) is 62.9 Å². The van der Waals surface area contributed by atoms with Crippen LogP contribution in [0.2, 0.25) is 0 Å². The zero-order chi connectivity index (χ0) is 20.9. The Hall–Kier alpha value is -2.61. The second kappa shape index (κ2) is 12.8. The summed E-state index contributed by atoms with van der Waals surface area (Å²) < 4.78 is 5.25. The molecule has 0 aliphatic rings. The molecule has 0 saturated heterocycles. The minimum absolute atomic E-state index is 0.430. The number of rotatable bonds is 12. The van der Waals surface area contributed by atoms with Crippen molar-refractivity contribution in [3.8, 4) is 5.75 Å². The predicted octanol–water partition coefficient (Wildman–Crippen LogP) is 7.85. The van der Waals surface area contributed by atoms with Crippen molar-refractivity contribution >= 4 is 17.1 Å². The van der Waals surface area contributed by atoms with Crippen molar-refractivity contribution in [1.82, 2.24) is 0 Å². The number of benzene rings is 2. The maximum Gasteiger partial charge on any atom is 0.335 e. The van der Waals surface area contributed by atoms with Crippen LogP contribution in [0.3, 0.4) is 0 Å². The van der Waals surface area contributed by atoms with Gasteiger partial charge in [-0.15, -0.1) is 0 Å². The lowest BCUT2D eigenvalue weighted by molar-refractivity contribution is -0.128. The van der Waals surface area contributed by atoms with Crippen molar-refractivity contribution in [2.45, 2.75) is 65.2 Å². The lowest BCUT2D eigenvalue weighted by atomic mass is 9.88. The van der Waals surface area contributed by atoms with Gasteiger partial charge < -0.3 is 4.74 Å². The first kappa shape index (κ1) is 22.7. The average Bonchev–Trinajstić information content (AvgIpc) is 2.76. The third-order valence-electron chi connectivity index (χ3n) is 5.14. The number of unbranched alkanes of at least 4 members (excludes halogenated alkanes) is 4. The molecular weight excluding hydrogens is 356 g/mol. The fourth-order valence-corrected chi connectivity index (χ4v) is 3.56. The zero-order valence-corrected chi connectivity index (χ0v) is 18.0. The van der Waals surface area contributed by atoms with E-state index in [4.69, 9.17) is 4.74 Å². The van der Waals surface area contributed by atoms with E-state index in [0.29, 0.717) is 5.75 Å². The normalized spacial score (nSPS) is 11.7. The molecule has 0 aromatic heterocycles. The molecule has 0 amide bonds. The highest BCUT2D eigenvalue weighted by molar-refractivity contribution is 5.91. The molecule has 2 aromatic rings. The van der Waals surface area contributed by atoms with Crippen LogP contribution >= 0.6 is 0 Å². The van der Waals surface area contributed by atoms with Crippen LogP contribution in [0.5, 0.6) is 5.75 Å². The van der Waals surface area contributed by atoms with Crippen molar-refractivity contribution in [1.29, 1.82) is 0 Å². The smallest absolute Gasteiger partial charge is 0.335 e. The largest absolute Gasteiger partial charge is 0.423 e. The average molecular weight is 391 g/mol. The van der Waals surface area contributed by atoms with E-state index < -0.39 is 5.97 Å². The van der Waals surface area contributed by atoms with Gasteiger partial charge in [-0.25, -0.2) is 4.79 Å². The quantitative estimate of drug-likeness (QED) is 0.121. The molecule has 0 heterocycles. The van der Waals surface area contributed by atoms with E-state index in [0.717, 1.165) is 12.8 Å². The molecule has 2 heteroatoms. The second-order valence-electron chi connectivity index (χ2n) is 7.39. The molecule has 0 saturated carbocycles. The van der Waals surface area contributed by atoms with Gasteiger partial charge in [0.1, 0.15) is 5.75 Å².